The number of alkyl halides is 3. The van der Waals surface area contributed by atoms with Crippen LogP contribution >= 0.6 is 11.8 Å². The van der Waals surface area contributed by atoms with Gasteiger partial charge in [0.05, 0.1) is 11.7 Å². The van der Waals surface area contributed by atoms with Gasteiger partial charge in [-0.05, 0) is 17.7 Å². The van der Waals surface area contributed by atoms with Crippen LogP contribution in [-0.2, 0) is 20.9 Å². The van der Waals surface area contributed by atoms with Crippen molar-refractivity contribution < 1.29 is 32.7 Å². The molecule has 0 fully saturated rings. The predicted octanol–water partition coefficient (Wildman–Crippen LogP) is 1.69. The number of anilines is 1. The molecule has 1 aliphatic heterocycles. The Morgan fingerprint density at radius 1 is 1.18 bits per heavy atom. The zero-order chi connectivity index (χ0) is 25.5. The van der Waals surface area contributed by atoms with Gasteiger partial charge in [0, 0.05) is 22.8 Å². The lowest BCUT2D eigenvalue weighted by molar-refractivity contribution is -0.192. The predicted molar refractivity (Wildman–Crippen MR) is 120 cm³/mol. The number of aliphatic carboxylic acids is 1. The van der Waals surface area contributed by atoms with Crippen LogP contribution in [0.1, 0.15) is 11.1 Å². The van der Waals surface area contributed by atoms with E-state index < -0.39 is 18.2 Å². The summed E-state index contributed by atoms with van der Waals surface area (Å²) in [6, 6.07) is 13.9. The first-order valence-corrected chi connectivity index (χ1v) is 10.7. The van der Waals surface area contributed by atoms with Gasteiger partial charge < -0.3 is 26.8 Å². The first kappa shape index (κ1) is 26.7. The second-order valence-electron chi connectivity index (χ2n) is 7.00. The Morgan fingerprint density at radius 2 is 1.76 bits per heavy atom. The van der Waals surface area contributed by atoms with Crippen molar-refractivity contribution >= 4 is 41.1 Å². The number of amides is 2. The van der Waals surface area contributed by atoms with E-state index in [1.54, 1.807) is 24.3 Å². The number of nitrogen functional groups attached to an aromatic ring is 1. The number of nitrogens with two attached hydrogens (primary N) is 2. The normalized spacial score (nSPS) is 15.4. The number of para-hydroxylation sites is 1. The first-order valence-electron chi connectivity index (χ1n) is 9.69. The molecule has 0 aliphatic carbocycles. The molecule has 7 N–H and O–H groups in total. The van der Waals surface area contributed by atoms with E-state index in [1.807, 2.05) is 24.3 Å². The number of carbonyl (C=O) groups excluding carboxylic acids is 2. The molecule has 3 rings (SSSR count). The third-order valence-corrected chi connectivity index (χ3v) is 5.64. The number of nitrogens with one attached hydrogen (secondary N) is 2. The number of carboxylic acids is 1. The van der Waals surface area contributed by atoms with Gasteiger partial charge >= 0.3 is 12.1 Å². The van der Waals surface area contributed by atoms with Gasteiger partial charge in [-0.3, -0.25) is 15.0 Å². The standard InChI is InChI=1S/C19H21N5O2S.C2HF3O2/c20-14-11-27-16-4-2-1-3-15(16)24(19(14)26)10-17(25)23-9-12-5-7-13(8-6-12)18(21)22;3-2(4,5)1(6)7/h1-8,14H,9-11,20H2,(H3,21,22)(H,23,25);(H,6,7)/t14-;/m0./s1. The van der Waals surface area contributed by atoms with Crippen molar-refractivity contribution in [1.82, 2.24) is 5.32 Å². The molecule has 1 aliphatic rings. The van der Waals surface area contributed by atoms with Crippen LogP contribution in [0.3, 0.4) is 0 Å². The molecular formula is C21H22F3N5O4S. The Hall–Kier alpha value is -3.58. The van der Waals surface area contributed by atoms with Crippen molar-refractivity contribution in [3.05, 3.63) is 59.7 Å². The summed E-state index contributed by atoms with van der Waals surface area (Å²) < 4.78 is 31.7. The lowest BCUT2D eigenvalue weighted by Crippen LogP contribution is -2.48. The van der Waals surface area contributed by atoms with Crippen LogP contribution in [0.5, 0.6) is 0 Å². The molecule has 2 aromatic rings. The molecule has 9 nitrogen and oxygen atoms in total. The number of nitrogens with zero attached hydrogens (tertiary/aromatic N) is 1. The van der Waals surface area contributed by atoms with Crippen molar-refractivity contribution in [2.45, 2.75) is 23.7 Å². The highest BCUT2D eigenvalue weighted by atomic mass is 32.2. The fourth-order valence-electron chi connectivity index (χ4n) is 2.74. The van der Waals surface area contributed by atoms with Crippen molar-refractivity contribution in [2.75, 3.05) is 17.2 Å². The second kappa shape index (κ2) is 11.5. The Morgan fingerprint density at radius 3 is 2.32 bits per heavy atom. The number of fused-ring (bicyclic) bond motifs is 1. The summed E-state index contributed by atoms with van der Waals surface area (Å²) in [5.41, 5.74) is 13.6. The molecule has 1 atom stereocenters. The van der Waals surface area contributed by atoms with E-state index in [2.05, 4.69) is 5.32 Å². The quantitative estimate of drug-likeness (QED) is 0.310. The van der Waals surface area contributed by atoms with E-state index >= 15 is 0 Å². The maximum atomic E-state index is 12.6. The van der Waals surface area contributed by atoms with E-state index in [9.17, 15) is 22.8 Å². The van der Waals surface area contributed by atoms with Crippen molar-refractivity contribution in [1.29, 1.82) is 5.41 Å². The van der Waals surface area contributed by atoms with E-state index in [1.165, 1.54) is 16.7 Å². The monoisotopic (exact) mass is 497 g/mol. The minimum Gasteiger partial charge on any atom is -0.475 e. The molecule has 2 aromatic carbocycles. The number of carbonyl (C=O) groups is 3. The Balaban J connectivity index is 0.000000509. The van der Waals surface area contributed by atoms with E-state index in [0.29, 0.717) is 23.5 Å². The zero-order valence-corrected chi connectivity index (χ0v) is 18.4. The lowest BCUT2D eigenvalue weighted by Gasteiger charge is -2.23. The van der Waals surface area contributed by atoms with Gasteiger partial charge in [0.25, 0.3) is 0 Å². The lowest BCUT2D eigenvalue weighted by atomic mass is 10.1. The van der Waals surface area contributed by atoms with Gasteiger partial charge in [0.1, 0.15) is 12.4 Å². The molecule has 0 bridgehead atoms. The third kappa shape index (κ3) is 7.49. The van der Waals surface area contributed by atoms with E-state index in [-0.39, 0.29) is 24.2 Å². The maximum absolute atomic E-state index is 12.6. The summed E-state index contributed by atoms with van der Waals surface area (Å²) in [7, 11) is 0. The number of rotatable bonds is 5. The van der Waals surface area contributed by atoms with Crippen LogP contribution in [0.15, 0.2) is 53.4 Å². The molecule has 0 spiro atoms. The highest BCUT2D eigenvalue weighted by Gasteiger charge is 2.38. The van der Waals surface area contributed by atoms with Gasteiger partial charge in [-0.25, -0.2) is 4.79 Å². The third-order valence-electron chi connectivity index (χ3n) is 4.46. The van der Waals surface area contributed by atoms with Crippen LogP contribution in [0.25, 0.3) is 0 Å². The molecule has 182 valence electrons. The molecular weight excluding hydrogens is 475 g/mol. The molecule has 2 amide bonds. The zero-order valence-electron chi connectivity index (χ0n) is 17.6. The number of hydrogen-bond donors (Lipinski definition) is 5. The highest BCUT2D eigenvalue weighted by molar-refractivity contribution is 7.99. The minimum absolute atomic E-state index is 0.00173. The minimum atomic E-state index is -5.08. The van der Waals surface area contributed by atoms with Gasteiger partial charge in [-0.2, -0.15) is 13.2 Å². The van der Waals surface area contributed by atoms with Gasteiger partial charge in [-0.15, -0.1) is 11.8 Å². The summed E-state index contributed by atoms with van der Waals surface area (Å²) in [4.78, 5) is 36.3. The molecule has 0 saturated carbocycles. The van der Waals surface area contributed by atoms with Crippen LogP contribution in [0.4, 0.5) is 18.9 Å². The summed E-state index contributed by atoms with van der Waals surface area (Å²) >= 11 is 1.52. The van der Waals surface area contributed by atoms with Crippen molar-refractivity contribution in [3.8, 4) is 0 Å². The fraction of sp³-hybridized carbons (Fsp3) is 0.238. The molecule has 0 radical (unpaired) electrons. The van der Waals surface area contributed by atoms with Crippen LogP contribution < -0.4 is 21.7 Å². The Bertz CT molecular complexity index is 1060. The highest BCUT2D eigenvalue weighted by Crippen LogP contribution is 2.33. The topological polar surface area (TPSA) is 163 Å². The number of thioether (sulfide) groups is 1. The first-order chi connectivity index (χ1) is 15.9. The number of amidine groups is 1. The number of hydrogen-bond acceptors (Lipinski definition) is 6. The van der Waals surface area contributed by atoms with E-state index in [4.69, 9.17) is 26.8 Å². The molecule has 0 saturated heterocycles. The van der Waals surface area contributed by atoms with Crippen LogP contribution in [-0.4, -0.2) is 53.2 Å². The number of carboxylic acid groups (broad SMARTS) is 1. The number of halogens is 3. The van der Waals surface area contributed by atoms with E-state index in [0.717, 1.165) is 10.5 Å². The average Bonchev–Trinajstić information content (AvgIpc) is 2.90. The summed E-state index contributed by atoms with van der Waals surface area (Å²) in [6.45, 7) is 0.233. The molecule has 1 heterocycles. The maximum Gasteiger partial charge on any atom is 0.490 e. The Kier molecular flexibility index (Phi) is 9.04. The van der Waals surface area contributed by atoms with Crippen LogP contribution in [0.2, 0.25) is 0 Å². The summed E-state index contributed by atoms with van der Waals surface area (Å²) in [6.07, 6.45) is -5.08. The summed E-state index contributed by atoms with van der Waals surface area (Å²) in [5, 5.41) is 17.3. The largest absolute Gasteiger partial charge is 0.490 e. The number of benzene rings is 2. The van der Waals surface area contributed by atoms with Gasteiger partial charge in [0.2, 0.25) is 11.8 Å². The molecule has 0 aromatic heterocycles. The average molecular weight is 497 g/mol. The van der Waals surface area contributed by atoms with Crippen molar-refractivity contribution in [2.24, 2.45) is 11.5 Å². The molecule has 34 heavy (non-hydrogen) atoms. The smallest absolute Gasteiger partial charge is 0.475 e. The van der Waals surface area contributed by atoms with Crippen molar-refractivity contribution in [3.63, 3.8) is 0 Å². The Labute approximate surface area is 196 Å². The molecule has 13 heteroatoms. The van der Waals surface area contributed by atoms with Gasteiger partial charge in [-0.1, -0.05) is 36.4 Å². The second-order valence-corrected chi connectivity index (χ2v) is 8.06. The fourth-order valence-corrected chi connectivity index (χ4v) is 3.74. The summed E-state index contributed by atoms with van der Waals surface area (Å²) in [5.74, 6) is -2.80. The SMILES string of the molecule is N=C(N)c1ccc(CNC(=O)CN2C(=O)[C@@H](N)CSc3ccccc32)cc1.O=C(O)C(F)(F)F. The van der Waals surface area contributed by atoms with Crippen LogP contribution in [0, 0.1) is 5.41 Å². The molecule has 0 unspecified atom stereocenters. The van der Waals surface area contributed by atoms with Gasteiger partial charge in [0.15, 0.2) is 0 Å².